The normalized spacial score (nSPS) is 19.8. The van der Waals surface area contributed by atoms with Crippen LogP contribution in [-0.2, 0) is 11.0 Å². The second kappa shape index (κ2) is 6.20. The van der Waals surface area contributed by atoms with E-state index in [9.17, 15) is 27.2 Å². The Morgan fingerprint density at radius 2 is 1.92 bits per heavy atom. The van der Waals surface area contributed by atoms with Crippen LogP contribution < -0.4 is 10.6 Å². The number of likely N-dealkylation sites (tertiary alicyclic amines) is 1. The summed E-state index contributed by atoms with van der Waals surface area (Å²) in [5, 5.41) is 5.17. The molecule has 0 radical (unpaired) electrons. The van der Waals surface area contributed by atoms with Crippen LogP contribution in [0.3, 0.4) is 0 Å². The molecule has 1 aromatic carbocycles. The molecule has 2 fully saturated rings. The molecule has 2 saturated heterocycles. The molecule has 3 rings (SSSR count). The van der Waals surface area contributed by atoms with Crippen molar-refractivity contribution in [1.29, 1.82) is 0 Å². The average Bonchev–Trinajstić information content (AvgIpc) is 2.89. The predicted octanol–water partition coefficient (Wildman–Crippen LogP) is 2.98. The molecule has 136 valence electrons. The van der Waals surface area contributed by atoms with Gasteiger partial charge in [-0.05, 0) is 36.5 Å². The van der Waals surface area contributed by atoms with Gasteiger partial charge in [-0.1, -0.05) is 0 Å². The van der Waals surface area contributed by atoms with Crippen molar-refractivity contribution in [1.82, 2.24) is 10.2 Å². The Hall–Kier alpha value is -2.32. The zero-order valence-corrected chi connectivity index (χ0v) is 13.3. The van der Waals surface area contributed by atoms with E-state index in [1.807, 2.05) is 0 Å². The monoisotopic (exact) mass is 359 g/mol. The fourth-order valence-corrected chi connectivity index (χ4v) is 3.31. The predicted molar refractivity (Wildman–Crippen MR) is 81.3 cm³/mol. The van der Waals surface area contributed by atoms with Crippen molar-refractivity contribution in [2.24, 2.45) is 5.41 Å². The summed E-state index contributed by atoms with van der Waals surface area (Å²) in [6.45, 7) is 1.41. The fourth-order valence-electron chi connectivity index (χ4n) is 3.31. The van der Waals surface area contributed by atoms with E-state index >= 15 is 0 Å². The highest BCUT2D eigenvalue weighted by Gasteiger charge is 2.41. The lowest BCUT2D eigenvalue weighted by atomic mass is 9.78. The topological polar surface area (TPSA) is 61.4 Å². The van der Waals surface area contributed by atoms with Crippen molar-refractivity contribution in [2.45, 2.75) is 25.4 Å². The van der Waals surface area contributed by atoms with Gasteiger partial charge in [0.2, 0.25) is 5.91 Å². The summed E-state index contributed by atoms with van der Waals surface area (Å²) in [6, 6.07) is 1.82. The Balaban J connectivity index is 1.63. The van der Waals surface area contributed by atoms with E-state index in [0.717, 1.165) is 6.07 Å². The second-order valence-electron chi connectivity index (χ2n) is 6.56. The molecular weight excluding hydrogens is 342 g/mol. The van der Waals surface area contributed by atoms with E-state index in [1.54, 1.807) is 0 Å². The van der Waals surface area contributed by atoms with Gasteiger partial charge in [0.05, 0.1) is 5.56 Å². The number of halogens is 4. The number of nitrogens with one attached hydrogen (secondary N) is 2. The standard InChI is InChI=1S/C16H17F4N3O2/c17-12-2-1-10(7-11(12)16(18,19)20)22-14(25)23-5-3-15(4-6-23)8-13(24)21-9-15/h1-2,7H,3-6,8-9H2,(H,21,24)(H,22,25). The molecule has 25 heavy (non-hydrogen) atoms. The summed E-state index contributed by atoms with van der Waals surface area (Å²) in [6.07, 6.45) is -3.09. The Morgan fingerprint density at radius 3 is 2.48 bits per heavy atom. The van der Waals surface area contributed by atoms with Gasteiger partial charge >= 0.3 is 12.2 Å². The number of rotatable bonds is 1. The summed E-state index contributed by atoms with van der Waals surface area (Å²) in [4.78, 5) is 25.1. The number of hydrogen-bond acceptors (Lipinski definition) is 2. The van der Waals surface area contributed by atoms with Crippen LogP contribution >= 0.6 is 0 Å². The number of nitrogens with zero attached hydrogens (tertiary/aromatic N) is 1. The van der Waals surface area contributed by atoms with E-state index in [-0.39, 0.29) is 17.0 Å². The lowest BCUT2D eigenvalue weighted by molar-refractivity contribution is -0.140. The van der Waals surface area contributed by atoms with Crippen molar-refractivity contribution in [3.05, 3.63) is 29.6 Å². The van der Waals surface area contributed by atoms with Gasteiger partial charge in [-0.15, -0.1) is 0 Å². The molecule has 0 aliphatic carbocycles. The smallest absolute Gasteiger partial charge is 0.356 e. The minimum atomic E-state index is -4.83. The zero-order chi connectivity index (χ0) is 18.2. The lowest BCUT2D eigenvalue weighted by Gasteiger charge is -2.38. The van der Waals surface area contributed by atoms with Gasteiger partial charge in [0.1, 0.15) is 5.82 Å². The summed E-state index contributed by atoms with van der Waals surface area (Å²) < 4.78 is 51.5. The van der Waals surface area contributed by atoms with Crippen molar-refractivity contribution in [3.63, 3.8) is 0 Å². The Bertz CT molecular complexity index is 697. The van der Waals surface area contributed by atoms with Crippen LogP contribution in [0.5, 0.6) is 0 Å². The number of piperidine rings is 1. The number of benzene rings is 1. The van der Waals surface area contributed by atoms with Gasteiger partial charge in [0.15, 0.2) is 0 Å². The summed E-state index contributed by atoms with van der Waals surface area (Å²) >= 11 is 0. The first kappa shape index (κ1) is 17.5. The number of alkyl halides is 3. The van der Waals surface area contributed by atoms with Crippen molar-refractivity contribution in [3.8, 4) is 0 Å². The molecule has 0 saturated carbocycles. The average molecular weight is 359 g/mol. The first-order chi connectivity index (χ1) is 11.7. The Kier molecular flexibility index (Phi) is 4.34. The van der Waals surface area contributed by atoms with Gasteiger partial charge in [-0.25, -0.2) is 9.18 Å². The molecule has 0 bridgehead atoms. The van der Waals surface area contributed by atoms with Crippen LogP contribution in [0.15, 0.2) is 18.2 Å². The van der Waals surface area contributed by atoms with Gasteiger partial charge in [-0.3, -0.25) is 4.79 Å². The minimum absolute atomic E-state index is 0.00361. The highest BCUT2D eigenvalue weighted by atomic mass is 19.4. The SMILES string of the molecule is O=C1CC2(CCN(C(=O)Nc3ccc(F)c(C(F)(F)F)c3)CC2)CN1. The molecular formula is C16H17F4N3O2. The van der Waals surface area contributed by atoms with Crippen LogP contribution in [0, 0.1) is 11.2 Å². The van der Waals surface area contributed by atoms with Gasteiger partial charge in [0.25, 0.3) is 0 Å². The van der Waals surface area contributed by atoms with Crippen molar-refractivity contribution >= 4 is 17.6 Å². The molecule has 0 aromatic heterocycles. The van der Waals surface area contributed by atoms with Crippen LogP contribution in [0.2, 0.25) is 0 Å². The number of anilines is 1. The van der Waals surface area contributed by atoms with Crippen LogP contribution in [-0.4, -0.2) is 36.5 Å². The van der Waals surface area contributed by atoms with Gasteiger partial charge in [-0.2, -0.15) is 13.2 Å². The van der Waals surface area contributed by atoms with Gasteiger partial charge in [0, 0.05) is 31.7 Å². The molecule has 1 aromatic rings. The van der Waals surface area contributed by atoms with E-state index in [0.29, 0.717) is 51.0 Å². The van der Waals surface area contributed by atoms with E-state index in [1.165, 1.54) is 4.90 Å². The third kappa shape index (κ3) is 3.69. The third-order valence-electron chi connectivity index (χ3n) is 4.83. The van der Waals surface area contributed by atoms with E-state index < -0.39 is 23.6 Å². The van der Waals surface area contributed by atoms with Crippen LogP contribution in [0.4, 0.5) is 28.0 Å². The maximum atomic E-state index is 13.3. The molecule has 1 spiro atoms. The van der Waals surface area contributed by atoms with Gasteiger partial charge < -0.3 is 15.5 Å². The molecule has 5 nitrogen and oxygen atoms in total. The van der Waals surface area contributed by atoms with Crippen LogP contribution in [0.25, 0.3) is 0 Å². The van der Waals surface area contributed by atoms with Crippen molar-refractivity contribution in [2.75, 3.05) is 25.0 Å². The van der Waals surface area contributed by atoms with Crippen LogP contribution in [0.1, 0.15) is 24.8 Å². The molecule has 0 atom stereocenters. The Labute approximate surface area is 141 Å². The molecule has 0 unspecified atom stereocenters. The third-order valence-corrected chi connectivity index (χ3v) is 4.83. The van der Waals surface area contributed by atoms with E-state index in [4.69, 9.17) is 0 Å². The minimum Gasteiger partial charge on any atom is -0.356 e. The quantitative estimate of drug-likeness (QED) is 0.758. The number of carbonyl (C=O) groups is 2. The highest BCUT2D eigenvalue weighted by molar-refractivity contribution is 5.89. The number of amides is 3. The molecule has 9 heteroatoms. The summed E-state index contributed by atoms with van der Waals surface area (Å²) in [7, 11) is 0. The molecule has 3 amide bonds. The molecule has 2 N–H and O–H groups in total. The first-order valence-corrected chi connectivity index (χ1v) is 7.88. The number of urea groups is 1. The number of hydrogen-bond donors (Lipinski definition) is 2. The summed E-state index contributed by atoms with van der Waals surface area (Å²) in [5.74, 6) is -1.38. The molecule has 2 aliphatic heterocycles. The maximum absolute atomic E-state index is 13.3. The van der Waals surface area contributed by atoms with Crippen molar-refractivity contribution < 1.29 is 27.2 Å². The molecule has 2 aliphatic rings. The fraction of sp³-hybridized carbons (Fsp3) is 0.500. The zero-order valence-electron chi connectivity index (χ0n) is 13.3. The summed E-state index contributed by atoms with van der Waals surface area (Å²) in [5.41, 5.74) is -1.66. The van der Waals surface area contributed by atoms with E-state index in [2.05, 4.69) is 10.6 Å². The highest BCUT2D eigenvalue weighted by Crippen LogP contribution is 2.37. The largest absolute Gasteiger partial charge is 0.419 e. The molecule has 2 heterocycles. The Morgan fingerprint density at radius 1 is 1.24 bits per heavy atom. The number of carbonyl (C=O) groups excluding carboxylic acids is 2. The first-order valence-electron chi connectivity index (χ1n) is 7.88. The second-order valence-corrected chi connectivity index (χ2v) is 6.56. The lowest BCUT2D eigenvalue weighted by Crippen LogP contribution is -2.45. The maximum Gasteiger partial charge on any atom is 0.419 e.